The standard InChI is InChI=1S/C13H16N2OS/c1-10-15-8-13(17-10)9-16-12-4-2-3-11(7-12)5-6-14/h2-4,7-8H,5-6,9,14H2,1H3. The van der Waals surface area contributed by atoms with Gasteiger partial charge in [-0.1, -0.05) is 12.1 Å². The molecule has 0 aliphatic rings. The van der Waals surface area contributed by atoms with E-state index in [4.69, 9.17) is 10.5 Å². The van der Waals surface area contributed by atoms with Gasteiger partial charge < -0.3 is 10.5 Å². The van der Waals surface area contributed by atoms with E-state index in [-0.39, 0.29) is 0 Å². The first kappa shape index (κ1) is 12.1. The molecule has 4 heteroatoms. The SMILES string of the molecule is Cc1ncc(COc2cccc(CCN)c2)s1. The zero-order valence-electron chi connectivity index (χ0n) is 9.85. The van der Waals surface area contributed by atoms with Crippen molar-refractivity contribution in [3.63, 3.8) is 0 Å². The van der Waals surface area contributed by atoms with Crippen molar-refractivity contribution >= 4 is 11.3 Å². The van der Waals surface area contributed by atoms with Gasteiger partial charge in [-0.3, -0.25) is 0 Å². The van der Waals surface area contributed by atoms with Crippen LogP contribution in [0.2, 0.25) is 0 Å². The number of nitrogens with two attached hydrogens (primary N) is 1. The summed E-state index contributed by atoms with van der Waals surface area (Å²) in [5.41, 5.74) is 6.74. The molecule has 17 heavy (non-hydrogen) atoms. The fraction of sp³-hybridized carbons (Fsp3) is 0.308. The molecule has 0 saturated carbocycles. The third kappa shape index (κ3) is 3.54. The molecule has 0 aliphatic carbocycles. The lowest BCUT2D eigenvalue weighted by atomic mass is 10.1. The number of thiazole rings is 1. The molecule has 0 aliphatic heterocycles. The smallest absolute Gasteiger partial charge is 0.124 e. The summed E-state index contributed by atoms with van der Waals surface area (Å²) in [6.07, 6.45) is 2.75. The summed E-state index contributed by atoms with van der Waals surface area (Å²) in [5.74, 6) is 0.891. The van der Waals surface area contributed by atoms with E-state index in [1.54, 1.807) is 11.3 Å². The Kier molecular flexibility index (Phi) is 4.12. The van der Waals surface area contributed by atoms with Gasteiger partial charge in [-0.2, -0.15) is 0 Å². The highest BCUT2D eigenvalue weighted by Crippen LogP contribution is 2.18. The van der Waals surface area contributed by atoms with E-state index < -0.39 is 0 Å². The molecule has 0 saturated heterocycles. The summed E-state index contributed by atoms with van der Waals surface area (Å²) in [4.78, 5) is 5.34. The second-order valence-electron chi connectivity index (χ2n) is 3.82. The number of nitrogens with zero attached hydrogens (tertiary/aromatic N) is 1. The zero-order chi connectivity index (χ0) is 12.1. The summed E-state index contributed by atoms with van der Waals surface area (Å²) in [7, 11) is 0. The van der Waals surface area contributed by atoms with Gasteiger partial charge in [-0.25, -0.2) is 4.98 Å². The number of hydrogen-bond donors (Lipinski definition) is 1. The van der Waals surface area contributed by atoms with Crippen LogP contribution in [0.3, 0.4) is 0 Å². The Balaban J connectivity index is 1.96. The Morgan fingerprint density at radius 1 is 1.41 bits per heavy atom. The molecular weight excluding hydrogens is 232 g/mol. The molecule has 0 atom stereocenters. The van der Waals surface area contributed by atoms with Crippen LogP contribution in [-0.2, 0) is 13.0 Å². The van der Waals surface area contributed by atoms with E-state index in [9.17, 15) is 0 Å². The lowest BCUT2D eigenvalue weighted by Crippen LogP contribution is -2.02. The van der Waals surface area contributed by atoms with Crippen molar-refractivity contribution in [2.75, 3.05) is 6.54 Å². The van der Waals surface area contributed by atoms with Crippen molar-refractivity contribution in [2.45, 2.75) is 20.0 Å². The first-order valence-corrected chi connectivity index (χ1v) is 6.42. The van der Waals surface area contributed by atoms with E-state index >= 15 is 0 Å². The Morgan fingerprint density at radius 3 is 3.00 bits per heavy atom. The zero-order valence-corrected chi connectivity index (χ0v) is 10.7. The molecule has 0 radical (unpaired) electrons. The van der Waals surface area contributed by atoms with Gasteiger partial charge in [0, 0.05) is 6.20 Å². The molecule has 2 rings (SSSR count). The topological polar surface area (TPSA) is 48.1 Å². The lowest BCUT2D eigenvalue weighted by molar-refractivity contribution is 0.309. The molecule has 0 bridgehead atoms. The van der Waals surface area contributed by atoms with Crippen LogP contribution in [0.1, 0.15) is 15.4 Å². The van der Waals surface area contributed by atoms with Crippen molar-refractivity contribution in [2.24, 2.45) is 5.73 Å². The quantitative estimate of drug-likeness (QED) is 0.884. The Bertz CT molecular complexity index is 482. The van der Waals surface area contributed by atoms with Gasteiger partial charge in [-0.15, -0.1) is 11.3 Å². The largest absolute Gasteiger partial charge is 0.488 e. The molecule has 3 nitrogen and oxygen atoms in total. The predicted octanol–water partition coefficient (Wildman–Crippen LogP) is 2.53. The van der Waals surface area contributed by atoms with Gasteiger partial charge in [0.15, 0.2) is 0 Å². The number of rotatable bonds is 5. The molecule has 1 aromatic heterocycles. The Labute approximate surface area is 105 Å². The monoisotopic (exact) mass is 248 g/mol. The third-order valence-electron chi connectivity index (χ3n) is 2.38. The highest BCUT2D eigenvalue weighted by molar-refractivity contribution is 7.11. The number of aryl methyl sites for hydroxylation is 1. The average Bonchev–Trinajstić information content (AvgIpc) is 2.74. The minimum atomic E-state index is 0.581. The normalized spacial score (nSPS) is 10.5. The third-order valence-corrected chi connectivity index (χ3v) is 3.27. The van der Waals surface area contributed by atoms with Gasteiger partial charge in [-0.05, 0) is 37.6 Å². The van der Waals surface area contributed by atoms with Crippen molar-refractivity contribution in [3.05, 3.63) is 45.9 Å². The van der Waals surface area contributed by atoms with Crippen molar-refractivity contribution in [3.8, 4) is 5.75 Å². The molecule has 0 fully saturated rings. The molecule has 2 N–H and O–H groups in total. The van der Waals surface area contributed by atoms with Gasteiger partial charge in [0.25, 0.3) is 0 Å². The van der Waals surface area contributed by atoms with Crippen LogP contribution < -0.4 is 10.5 Å². The van der Waals surface area contributed by atoms with Crippen LogP contribution in [0.15, 0.2) is 30.5 Å². The first-order chi connectivity index (χ1) is 8.28. The molecule has 0 unspecified atom stereocenters. The fourth-order valence-electron chi connectivity index (χ4n) is 1.58. The maximum atomic E-state index is 5.72. The number of aromatic nitrogens is 1. The molecule has 2 aromatic rings. The van der Waals surface area contributed by atoms with E-state index in [1.165, 1.54) is 5.56 Å². The van der Waals surface area contributed by atoms with Crippen LogP contribution in [0.25, 0.3) is 0 Å². The molecular formula is C13H16N2OS. The van der Waals surface area contributed by atoms with E-state index in [1.807, 2.05) is 31.3 Å². The van der Waals surface area contributed by atoms with Gasteiger partial charge in [0.2, 0.25) is 0 Å². The molecule has 1 aromatic carbocycles. The molecule has 0 amide bonds. The second kappa shape index (κ2) is 5.80. The van der Waals surface area contributed by atoms with Gasteiger partial charge >= 0.3 is 0 Å². The van der Waals surface area contributed by atoms with Crippen molar-refractivity contribution in [1.82, 2.24) is 4.98 Å². The van der Waals surface area contributed by atoms with Crippen molar-refractivity contribution in [1.29, 1.82) is 0 Å². The number of hydrogen-bond acceptors (Lipinski definition) is 4. The summed E-state index contributed by atoms with van der Waals surface area (Å²) >= 11 is 1.67. The summed E-state index contributed by atoms with van der Waals surface area (Å²) in [5, 5.41) is 1.07. The van der Waals surface area contributed by atoms with E-state index in [2.05, 4.69) is 11.1 Å². The van der Waals surface area contributed by atoms with Gasteiger partial charge in [0.05, 0.1) is 9.88 Å². The maximum Gasteiger partial charge on any atom is 0.124 e. The van der Waals surface area contributed by atoms with Crippen molar-refractivity contribution < 1.29 is 4.74 Å². The highest BCUT2D eigenvalue weighted by Gasteiger charge is 2.00. The summed E-state index contributed by atoms with van der Waals surface area (Å²) in [6.45, 7) is 3.24. The fourth-order valence-corrected chi connectivity index (χ4v) is 2.29. The summed E-state index contributed by atoms with van der Waals surface area (Å²) < 4.78 is 5.72. The molecule has 0 spiro atoms. The number of ether oxygens (including phenoxy) is 1. The van der Waals surface area contributed by atoms with Crippen LogP contribution in [0, 0.1) is 6.92 Å². The Morgan fingerprint density at radius 2 is 2.29 bits per heavy atom. The minimum absolute atomic E-state index is 0.581. The highest BCUT2D eigenvalue weighted by atomic mass is 32.1. The van der Waals surface area contributed by atoms with Crippen LogP contribution in [0.5, 0.6) is 5.75 Å². The lowest BCUT2D eigenvalue weighted by Gasteiger charge is -2.06. The van der Waals surface area contributed by atoms with Crippen LogP contribution in [0.4, 0.5) is 0 Å². The molecule has 1 heterocycles. The molecule has 90 valence electrons. The Hall–Kier alpha value is -1.39. The van der Waals surface area contributed by atoms with Gasteiger partial charge in [0.1, 0.15) is 12.4 Å². The first-order valence-electron chi connectivity index (χ1n) is 5.61. The van der Waals surface area contributed by atoms with E-state index in [0.717, 1.165) is 22.1 Å². The van der Waals surface area contributed by atoms with Crippen LogP contribution in [-0.4, -0.2) is 11.5 Å². The summed E-state index contributed by atoms with van der Waals surface area (Å²) in [6, 6.07) is 8.07. The second-order valence-corrected chi connectivity index (χ2v) is 5.14. The number of benzene rings is 1. The minimum Gasteiger partial charge on any atom is -0.488 e. The average molecular weight is 248 g/mol. The van der Waals surface area contributed by atoms with E-state index in [0.29, 0.717) is 13.2 Å². The van der Waals surface area contributed by atoms with Crippen LogP contribution >= 0.6 is 11.3 Å². The maximum absolute atomic E-state index is 5.72. The predicted molar refractivity (Wildman–Crippen MR) is 70.4 cm³/mol.